The number of anilines is 1. The Hall–Kier alpha value is -1.97. The van der Waals surface area contributed by atoms with Gasteiger partial charge in [0.2, 0.25) is 0 Å². The quantitative estimate of drug-likeness (QED) is 0.480. The van der Waals surface area contributed by atoms with Gasteiger partial charge in [-0.1, -0.05) is 6.58 Å². The van der Waals surface area contributed by atoms with Gasteiger partial charge in [-0.3, -0.25) is 0 Å². The maximum absolute atomic E-state index is 11.2. The molecule has 0 amide bonds. The zero-order valence-corrected chi connectivity index (χ0v) is 9.45. The second-order valence-corrected chi connectivity index (χ2v) is 3.49. The van der Waals surface area contributed by atoms with E-state index in [1.54, 1.807) is 12.1 Å². The summed E-state index contributed by atoms with van der Waals surface area (Å²) < 4.78 is 9.97. The molecule has 1 rings (SSSR count). The molecule has 4 nitrogen and oxygen atoms in total. The summed E-state index contributed by atoms with van der Waals surface area (Å²) in [5, 5.41) is 0. The monoisotopic (exact) mass is 221 g/mol. The Morgan fingerprint density at radius 1 is 1.50 bits per heavy atom. The molecule has 0 aromatic heterocycles. The molecule has 2 N–H and O–H groups in total. The molecule has 0 saturated heterocycles. The van der Waals surface area contributed by atoms with Gasteiger partial charge in [-0.25, -0.2) is 4.79 Å². The molecule has 1 aromatic rings. The van der Waals surface area contributed by atoms with Crippen LogP contribution in [0.15, 0.2) is 30.4 Å². The van der Waals surface area contributed by atoms with Gasteiger partial charge < -0.3 is 15.2 Å². The van der Waals surface area contributed by atoms with Gasteiger partial charge in [-0.05, 0) is 30.7 Å². The van der Waals surface area contributed by atoms with Gasteiger partial charge in [0.25, 0.3) is 0 Å². The van der Waals surface area contributed by atoms with Gasteiger partial charge in [0.15, 0.2) is 0 Å². The topological polar surface area (TPSA) is 61.5 Å². The third-order valence-electron chi connectivity index (χ3n) is 1.90. The predicted molar refractivity (Wildman–Crippen MR) is 62.5 cm³/mol. The van der Waals surface area contributed by atoms with Gasteiger partial charge in [0, 0.05) is 0 Å². The lowest BCUT2D eigenvalue weighted by Gasteiger charge is -2.09. The number of nitrogen functional groups attached to an aromatic ring is 1. The minimum atomic E-state index is -0.418. The van der Waals surface area contributed by atoms with E-state index in [1.807, 2.05) is 6.92 Å². The van der Waals surface area contributed by atoms with E-state index in [2.05, 4.69) is 11.3 Å². The van der Waals surface area contributed by atoms with Crippen molar-refractivity contribution < 1.29 is 14.3 Å². The molecule has 1 aromatic carbocycles. The Kier molecular flexibility index (Phi) is 3.94. The zero-order valence-electron chi connectivity index (χ0n) is 9.45. The van der Waals surface area contributed by atoms with Crippen LogP contribution in [0.2, 0.25) is 0 Å². The van der Waals surface area contributed by atoms with Crippen LogP contribution in [0, 0.1) is 0 Å². The van der Waals surface area contributed by atoms with Crippen molar-refractivity contribution in [2.75, 3.05) is 19.5 Å². The molecule has 0 atom stereocenters. The third-order valence-corrected chi connectivity index (χ3v) is 1.90. The number of carbonyl (C=O) groups excluding carboxylic acids is 1. The van der Waals surface area contributed by atoms with Crippen LogP contribution in [0.5, 0.6) is 5.75 Å². The van der Waals surface area contributed by atoms with Crippen LogP contribution in [0.1, 0.15) is 17.3 Å². The average molecular weight is 221 g/mol. The van der Waals surface area contributed by atoms with Crippen LogP contribution in [-0.4, -0.2) is 19.7 Å². The molecule has 0 spiro atoms. The fourth-order valence-electron chi connectivity index (χ4n) is 1.13. The molecule has 0 bridgehead atoms. The predicted octanol–water partition coefficient (Wildman–Crippen LogP) is 2.01. The number of nitrogens with two attached hydrogens (primary N) is 1. The van der Waals surface area contributed by atoms with E-state index in [0.717, 1.165) is 5.57 Å². The maximum atomic E-state index is 11.2. The van der Waals surface area contributed by atoms with E-state index < -0.39 is 5.97 Å². The van der Waals surface area contributed by atoms with E-state index >= 15 is 0 Å². The number of carbonyl (C=O) groups is 1. The van der Waals surface area contributed by atoms with Crippen molar-refractivity contribution >= 4 is 11.7 Å². The molecule has 0 unspecified atom stereocenters. The van der Waals surface area contributed by atoms with E-state index in [-0.39, 0.29) is 0 Å². The summed E-state index contributed by atoms with van der Waals surface area (Å²) in [6, 6.07) is 4.78. The second-order valence-electron chi connectivity index (χ2n) is 3.49. The van der Waals surface area contributed by atoms with Gasteiger partial charge in [0.05, 0.1) is 18.4 Å². The molecular formula is C12H15NO3. The van der Waals surface area contributed by atoms with E-state index in [9.17, 15) is 4.79 Å². The highest BCUT2D eigenvalue weighted by molar-refractivity contribution is 5.90. The largest absolute Gasteiger partial charge is 0.487 e. The van der Waals surface area contributed by atoms with Gasteiger partial charge in [0.1, 0.15) is 12.4 Å². The summed E-state index contributed by atoms with van der Waals surface area (Å²) in [4.78, 5) is 11.2. The molecule has 0 heterocycles. The molecule has 16 heavy (non-hydrogen) atoms. The van der Waals surface area contributed by atoms with E-state index in [1.165, 1.54) is 13.2 Å². The standard InChI is InChI=1S/C12H15NO3/c1-8(2)7-16-11-5-4-9(6-10(11)13)12(14)15-3/h4-6H,1,7,13H2,2-3H3. The Bertz CT molecular complexity index is 413. The second kappa shape index (κ2) is 5.21. The highest BCUT2D eigenvalue weighted by atomic mass is 16.5. The number of benzene rings is 1. The summed E-state index contributed by atoms with van der Waals surface area (Å²) >= 11 is 0. The molecule has 0 saturated carbocycles. The number of esters is 1. The smallest absolute Gasteiger partial charge is 0.337 e. The minimum absolute atomic E-state index is 0.405. The molecule has 86 valence electrons. The SMILES string of the molecule is C=C(C)COc1ccc(C(=O)OC)cc1N. The van der Waals surface area contributed by atoms with Crippen molar-refractivity contribution in [1.29, 1.82) is 0 Å². The van der Waals surface area contributed by atoms with Crippen LogP contribution < -0.4 is 10.5 Å². The Morgan fingerprint density at radius 2 is 2.19 bits per heavy atom. The Labute approximate surface area is 94.7 Å². The van der Waals surface area contributed by atoms with Crippen LogP contribution in [0.3, 0.4) is 0 Å². The number of hydrogen-bond acceptors (Lipinski definition) is 4. The van der Waals surface area contributed by atoms with Gasteiger partial charge >= 0.3 is 5.97 Å². The highest BCUT2D eigenvalue weighted by Crippen LogP contribution is 2.23. The van der Waals surface area contributed by atoms with Gasteiger partial charge in [-0.15, -0.1) is 0 Å². The first-order valence-electron chi connectivity index (χ1n) is 4.79. The van der Waals surface area contributed by atoms with E-state index in [4.69, 9.17) is 10.5 Å². The number of hydrogen-bond donors (Lipinski definition) is 1. The third kappa shape index (κ3) is 3.02. The summed E-state index contributed by atoms with van der Waals surface area (Å²) in [6.45, 7) is 5.98. The molecular weight excluding hydrogens is 206 g/mol. The highest BCUT2D eigenvalue weighted by Gasteiger charge is 2.08. The summed E-state index contributed by atoms with van der Waals surface area (Å²) in [5.74, 6) is 0.119. The summed E-state index contributed by atoms with van der Waals surface area (Å²) in [6.07, 6.45) is 0. The molecule has 0 aliphatic rings. The Morgan fingerprint density at radius 3 is 2.69 bits per heavy atom. The van der Waals surface area contributed by atoms with Crippen molar-refractivity contribution in [3.63, 3.8) is 0 Å². The average Bonchev–Trinajstić information content (AvgIpc) is 2.26. The first-order valence-corrected chi connectivity index (χ1v) is 4.79. The molecule has 0 aliphatic carbocycles. The van der Waals surface area contributed by atoms with Crippen molar-refractivity contribution in [3.8, 4) is 5.75 Å². The summed E-state index contributed by atoms with van der Waals surface area (Å²) in [7, 11) is 1.32. The minimum Gasteiger partial charge on any atom is -0.487 e. The zero-order chi connectivity index (χ0) is 12.1. The van der Waals surface area contributed by atoms with Crippen molar-refractivity contribution in [2.45, 2.75) is 6.92 Å². The van der Waals surface area contributed by atoms with Crippen LogP contribution in [-0.2, 0) is 4.74 Å². The molecule has 0 fully saturated rings. The maximum Gasteiger partial charge on any atom is 0.337 e. The summed E-state index contributed by atoms with van der Waals surface area (Å²) in [5.41, 5.74) is 7.45. The lowest BCUT2D eigenvalue weighted by molar-refractivity contribution is 0.0601. The molecule has 0 aliphatic heterocycles. The number of rotatable bonds is 4. The lowest BCUT2D eigenvalue weighted by Crippen LogP contribution is -2.05. The van der Waals surface area contributed by atoms with Crippen molar-refractivity contribution in [1.82, 2.24) is 0 Å². The Balaban J connectivity index is 2.83. The first kappa shape index (κ1) is 12.1. The fourth-order valence-corrected chi connectivity index (χ4v) is 1.13. The van der Waals surface area contributed by atoms with Crippen LogP contribution in [0.4, 0.5) is 5.69 Å². The number of methoxy groups -OCH3 is 1. The first-order chi connectivity index (χ1) is 7.54. The number of ether oxygens (including phenoxy) is 2. The fraction of sp³-hybridized carbons (Fsp3) is 0.250. The van der Waals surface area contributed by atoms with Crippen LogP contribution in [0.25, 0.3) is 0 Å². The molecule has 0 radical (unpaired) electrons. The van der Waals surface area contributed by atoms with Gasteiger partial charge in [-0.2, -0.15) is 0 Å². The molecule has 4 heteroatoms. The van der Waals surface area contributed by atoms with Crippen LogP contribution >= 0.6 is 0 Å². The normalized spacial score (nSPS) is 9.62. The lowest BCUT2D eigenvalue weighted by atomic mass is 10.2. The van der Waals surface area contributed by atoms with Crippen molar-refractivity contribution in [3.05, 3.63) is 35.9 Å². The van der Waals surface area contributed by atoms with E-state index in [0.29, 0.717) is 23.6 Å². The van der Waals surface area contributed by atoms with Crippen molar-refractivity contribution in [2.24, 2.45) is 0 Å².